The number of pyridine rings is 1. The molecule has 0 radical (unpaired) electrons. The van der Waals surface area contributed by atoms with Crippen LogP contribution in [0.3, 0.4) is 0 Å². The molecule has 2 aromatic rings. The Morgan fingerprint density at radius 2 is 1.97 bits per heavy atom. The molecule has 1 fully saturated rings. The van der Waals surface area contributed by atoms with Crippen molar-refractivity contribution in [2.45, 2.75) is 57.7 Å². The third-order valence-electron chi connectivity index (χ3n) is 7.52. The number of thioether (sulfide) groups is 1. The number of carbonyl (C=O) groups is 2. The van der Waals surface area contributed by atoms with Crippen LogP contribution in [0.5, 0.6) is 0 Å². The van der Waals surface area contributed by atoms with Gasteiger partial charge in [0.1, 0.15) is 27.0 Å². The predicted molar refractivity (Wildman–Crippen MR) is 146 cm³/mol. The van der Waals surface area contributed by atoms with Gasteiger partial charge in [0.05, 0.1) is 11.1 Å². The number of carboxylic acid groups (broad SMARTS) is 1. The summed E-state index contributed by atoms with van der Waals surface area (Å²) >= 11 is 13.3. The van der Waals surface area contributed by atoms with Crippen LogP contribution in [0.15, 0.2) is 52.1 Å². The highest BCUT2D eigenvalue weighted by atomic mass is 35.5. The summed E-state index contributed by atoms with van der Waals surface area (Å²) in [6, 6.07) is 7.69. The number of likely N-dealkylation sites (N-methyl/N-ethyl adjacent to an activating group) is 1. The first-order chi connectivity index (χ1) is 17.9. The van der Waals surface area contributed by atoms with E-state index in [1.807, 2.05) is 31.7 Å². The minimum atomic E-state index is -1.17. The Labute approximate surface area is 234 Å². The van der Waals surface area contributed by atoms with Crippen LogP contribution < -0.4 is 0 Å². The molecule has 0 unspecified atom stereocenters. The fourth-order valence-electron chi connectivity index (χ4n) is 5.47. The van der Waals surface area contributed by atoms with Gasteiger partial charge in [0.25, 0.3) is 5.91 Å². The largest absolute Gasteiger partial charge is 0.479 e. The van der Waals surface area contributed by atoms with Crippen LogP contribution in [-0.4, -0.2) is 49.0 Å². The number of allylic oxidation sites excluding steroid dienone is 1. The molecule has 0 spiro atoms. The van der Waals surface area contributed by atoms with E-state index in [-0.39, 0.29) is 23.4 Å². The highest BCUT2D eigenvalue weighted by Gasteiger charge is 2.59. The Hall–Kier alpha value is -2.62. The molecular weight excluding hydrogens is 550 g/mol. The van der Waals surface area contributed by atoms with Gasteiger partial charge in [-0.25, -0.2) is 19.2 Å². The summed E-state index contributed by atoms with van der Waals surface area (Å²) < 4.78 is 14.8. The number of amidine groups is 1. The summed E-state index contributed by atoms with van der Waals surface area (Å²) in [7, 11) is 0. The normalized spacial score (nSPS) is 23.5. The van der Waals surface area contributed by atoms with Gasteiger partial charge < -0.3 is 14.9 Å². The number of hydrogen-bond donors (Lipinski definition) is 1. The average molecular weight is 578 g/mol. The number of aliphatic imine (C=N–C) groups is 1. The van der Waals surface area contributed by atoms with E-state index in [1.54, 1.807) is 25.3 Å². The van der Waals surface area contributed by atoms with Gasteiger partial charge in [-0.3, -0.25) is 4.79 Å². The van der Waals surface area contributed by atoms with Crippen molar-refractivity contribution in [1.29, 1.82) is 0 Å². The fourth-order valence-corrected chi connectivity index (χ4v) is 7.06. The van der Waals surface area contributed by atoms with Crippen LogP contribution in [0.4, 0.5) is 4.39 Å². The maximum Gasteiger partial charge on any atom is 0.329 e. The van der Waals surface area contributed by atoms with Crippen molar-refractivity contribution in [2.75, 3.05) is 6.54 Å². The SMILES string of the molecule is CCN(C(=O)C1=C(C(C)C)N2C(=N[C@@](C)(c3ccc(Cl)nc3)[C@H]2c2ccc(Cl)c(F)c2)S1)C1(C(=O)O)CC1. The molecule has 1 amide bonds. The molecule has 200 valence electrons. The molecule has 1 aromatic carbocycles. The van der Waals surface area contributed by atoms with E-state index in [0.717, 1.165) is 11.3 Å². The molecule has 1 saturated carbocycles. The zero-order valence-corrected chi connectivity index (χ0v) is 23.7. The van der Waals surface area contributed by atoms with Crippen molar-refractivity contribution >= 4 is 52.0 Å². The predicted octanol–water partition coefficient (Wildman–Crippen LogP) is 6.24. The van der Waals surface area contributed by atoms with E-state index in [0.29, 0.717) is 33.6 Å². The smallest absolute Gasteiger partial charge is 0.329 e. The molecule has 5 rings (SSSR count). The second kappa shape index (κ2) is 9.54. The third kappa shape index (κ3) is 4.10. The van der Waals surface area contributed by atoms with Gasteiger partial charge in [-0.05, 0) is 68.1 Å². The summed E-state index contributed by atoms with van der Waals surface area (Å²) in [5, 5.41) is 10.8. The lowest BCUT2D eigenvalue weighted by Gasteiger charge is -2.37. The number of aromatic nitrogens is 1. The number of nitrogens with zero attached hydrogens (tertiary/aromatic N) is 4. The van der Waals surface area contributed by atoms with E-state index in [1.165, 1.54) is 28.8 Å². The standard InChI is InChI=1S/C27H27Cl2FN4O3S/c1-5-33(27(10-11-27)24(36)37)23(35)21-20(14(2)3)34-22(15-6-8-17(28)18(30)12-15)26(4,32-25(34)38-21)16-7-9-19(29)31-13-16/h6-9,12-14,22H,5,10-11H2,1-4H3,(H,36,37)/t22-,26+/m1/s1. The first-order valence-electron chi connectivity index (χ1n) is 12.4. The number of halogens is 3. The maximum atomic E-state index is 14.8. The van der Waals surface area contributed by atoms with Crippen LogP contribution >= 0.6 is 35.0 Å². The zero-order valence-electron chi connectivity index (χ0n) is 21.3. The summed E-state index contributed by atoms with van der Waals surface area (Å²) in [5.74, 6) is -1.98. The Balaban J connectivity index is 1.66. The Morgan fingerprint density at radius 3 is 2.50 bits per heavy atom. The first-order valence-corrected chi connectivity index (χ1v) is 13.9. The molecule has 2 aliphatic heterocycles. The number of amides is 1. The summed E-state index contributed by atoms with van der Waals surface area (Å²) in [6.07, 6.45) is 2.51. The molecule has 11 heteroatoms. The average Bonchev–Trinajstić information content (AvgIpc) is 3.50. The van der Waals surface area contributed by atoms with Crippen molar-refractivity contribution in [3.8, 4) is 0 Å². The fraction of sp³-hybridized carbons (Fsp3) is 0.407. The topological polar surface area (TPSA) is 86.1 Å². The van der Waals surface area contributed by atoms with Gasteiger partial charge in [-0.1, -0.05) is 49.2 Å². The van der Waals surface area contributed by atoms with E-state index >= 15 is 0 Å². The van der Waals surface area contributed by atoms with Gasteiger partial charge >= 0.3 is 5.97 Å². The van der Waals surface area contributed by atoms with Gasteiger partial charge in [-0.2, -0.15) is 0 Å². The number of rotatable bonds is 7. The Kier molecular flexibility index (Phi) is 6.77. The van der Waals surface area contributed by atoms with Crippen molar-refractivity contribution in [1.82, 2.24) is 14.8 Å². The number of aliphatic carboxylic acids is 1. The molecule has 3 aliphatic rings. The zero-order chi connectivity index (χ0) is 27.6. The van der Waals surface area contributed by atoms with E-state index in [9.17, 15) is 19.1 Å². The van der Waals surface area contributed by atoms with Gasteiger partial charge in [-0.15, -0.1) is 0 Å². The maximum absolute atomic E-state index is 14.8. The van der Waals surface area contributed by atoms with Crippen LogP contribution in [0.1, 0.15) is 57.7 Å². The van der Waals surface area contributed by atoms with Crippen molar-refractivity contribution < 1.29 is 19.1 Å². The van der Waals surface area contributed by atoms with Crippen molar-refractivity contribution in [2.24, 2.45) is 10.9 Å². The number of carboxylic acids is 1. The molecule has 7 nitrogen and oxygen atoms in total. The highest BCUT2D eigenvalue weighted by molar-refractivity contribution is 8.18. The number of benzene rings is 1. The lowest BCUT2D eigenvalue weighted by molar-refractivity contribution is -0.150. The summed E-state index contributed by atoms with van der Waals surface area (Å²) in [4.78, 5) is 39.2. The summed E-state index contributed by atoms with van der Waals surface area (Å²) in [5.41, 5.74) is 0.0756. The van der Waals surface area contributed by atoms with Crippen LogP contribution in [0, 0.1) is 11.7 Å². The molecule has 1 N–H and O–H groups in total. The Morgan fingerprint density at radius 1 is 1.26 bits per heavy atom. The molecule has 0 bridgehead atoms. The molecular formula is C27H27Cl2FN4O3S. The van der Waals surface area contributed by atoms with Crippen molar-refractivity contribution in [3.63, 3.8) is 0 Å². The van der Waals surface area contributed by atoms with Gasteiger partial charge in [0.15, 0.2) is 5.17 Å². The first kappa shape index (κ1) is 27.0. The van der Waals surface area contributed by atoms with Crippen LogP contribution in [0.25, 0.3) is 0 Å². The number of fused-ring (bicyclic) bond motifs is 1. The molecule has 0 saturated heterocycles. The van der Waals surface area contributed by atoms with Crippen molar-refractivity contribution in [3.05, 3.63) is 74.3 Å². The minimum Gasteiger partial charge on any atom is -0.479 e. The minimum absolute atomic E-state index is 0.0102. The quantitative estimate of drug-likeness (QED) is 0.393. The number of hydrogen-bond acceptors (Lipinski definition) is 6. The Bertz CT molecular complexity index is 1390. The second-order valence-corrected chi connectivity index (χ2v) is 12.0. The van der Waals surface area contributed by atoms with E-state index in [4.69, 9.17) is 28.2 Å². The molecule has 1 aromatic heterocycles. The third-order valence-corrected chi connectivity index (χ3v) is 9.11. The lowest BCUT2D eigenvalue weighted by Crippen LogP contribution is -2.47. The van der Waals surface area contributed by atoms with Crippen LogP contribution in [-0.2, 0) is 15.1 Å². The van der Waals surface area contributed by atoms with Gasteiger partial charge in [0.2, 0.25) is 0 Å². The second-order valence-electron chi connectivity index (χ2n) is 10.2. The van der Waals surface area contributed by atoms with Gasteiger partial charge in [0, 0.05) is 24.0 Å². The monoisotopic (exact) mass is 576 g/mol. The number of carbonyl (C=O) groups excluding carboxylic acids is 1. The molecule has 3 heterocycles. The van der Waals surface area contributed by atoms with E-state index < -0.39 is 28.9 Å². The summed E-state index contributed by atoms with van der Waals surface area (Å²) in [6.45, 7) is 7.96. The van der Waals surface area contributed by atoms with E-state index in [2.05, 4.69) is 4.98 Å². The lowest BCUT2D eigenvalue weighted by atomic mass is 9.81. The molecule has 2 atom stereocenters. The highest BCUT2D eigenvalue weighted by Crippen LogP contribution is 2.57. The molecule has 38 heavy (non-hydrogen) atoms. The molecule has 1 aliphatic carbocycles. The van der Waals surface area contributed by atoms with Crippen LogP contribution in [0.2, 0.25) is 10.2 Å².